The van der Waals surface area contributed by atoms with Gasteiger partial charge in [-0.3, -0.25) is 10.1 Å². The fourth-order valence-electron chi connectivity index (χ4n) is 1.86. The molecule has 0 amide bonds. The Morgan fingerprint density at radius 3 is 2.79 bits per heavy atom. The number of nitrogens with one attached hydrogen (secondary N) is 1. The van der Waals surface area contributed by atoms with Crippen LogP contribution < -0.4 is 5.32 Å². The van der Waals surface area contributed by atoms with Crippen LogP contribution in [-0.4, -0.2) is 34.8 Å². The van der Waals surface area contributed by atoms with Gasteiger partial charge in [0.25, 0.3) is 5.69 Å². The lowest BCUT2D eigenvalue weighted by molar-refractivity contribution is -0.384. The first-order valence-corrected chi connectivity index (χ1v) is 5.86. The Hall–Kier alpha value is -1.86. The summed E-state index contributed by atoms with van der Waals surface area (Å²) in [6.07, 6.45) is 0.301. The molecule has 1 aliphatic heterocycles. The quantitative estimate of drug-likeness (QED) is 0.647. The Kier molecular flexibility index (Phi) is 3.59. The molecule has 2 rings (SSSR count). The number of nitrogens with zero attached hydrogens (tertiary/aromatic N) is 1. The van der Waals surface area contributed by atoms with Crippen LogP contribution in [0.3, 0.4) is 0 Å². The molecule has 0 aliphatic carbocycles. The van der Waals surface area contributed by atoms with E-state index in [0.29, 0.717) is 18.7 Å². The molecule has 1 unspecified atom stereocenters. The highest BCUT2D eigenvalue weighted by molar-refractivity contribution is 6.33. The van der Waals surface area contributed by atoms with Gasteiger partial charge in [-0.15, -0.1) is 0 Å². The van der Waals surface area contributed by atoms with Crippen molar-refractivity contribution in [3.63, 3.8) is 0 Å². The molecule has 2 N–H and O–H groups in total. The van der Waals surface area contributed by atoms with Crippen LogP contribution in [0.1, 0.15) is 6.42 Å². The monoisotopic (exact) mass is 286 g/mol. The summed E-state index contributed by atoms with van der Waals surface area (Å²) in [5.74, 6) is -1.04. The van der Waals surface area contributed by atoms with Crippen molar-refractivity contribution >= 4 is 28.9 Å². The third kappa shape index (κ3) is 2.61. The minimum atomic E-state index is -1.24. The predicted molar refractivity (Wildman–Crippen MR) is 67.5 cm³/mol. The Balaban J connectivity index is 2.28. The summed E-state index contributed by atoms with van der Waals surface area (Å²) in [5.41, 5.74) is -1.05. The first-order valence-electron chi connectivity index (χ1n) is 5.48. The van der Waals surface area contributed by atoms with Gasteiger partial charge in [0, 0.05) is 25.2 Å². The number of benzene rings is 1. The fourth-order valence-corrected chi connectivity index (χ4v) is 2.08. The summed E-state index contributed by atoms with van der Waals surface area (Å²) in [5, 5.41) is 22.8. The van der Waals surface area contributed by atoms with E-state index in [1.807, 2.05) is 0 Å². The summed E-state index contributed by atoms with van der Waals surface area (Å²) in [7, 11) is 0. The van der Waals surface area contributed by atoms with E-state index in [4.69, 9.17) is 16.3 Å². The first-order chi connectivity index (χ1) is 8.94. The number of hydrogen-bond donors (Lipinski definition) is 2. The maximum Gasteiger partial charge on any atom is 0.331 e. The Labute approximate surface area is 113 Å². The molecule has 1 aromatic carbocycles. The van der Waals surface area contributed by atoms with Gasteiger partial charge >= 0.3 is 5.97 Å². The van der Waals surface area contributed by atoms with Crippen molar-refractivity contribution in [3.05, 3.63) is 33.3 Å². The van der Waals surface area contributed by atoms with Crippen LogP contribution in [0.25, 0.3) is 0 Å². The predicted octanol–water partition coefficient (Wildman–Crippen LogP) is 1.90. The van der Waals surface area contributed by atoms with E-state index < -0.39 is 16.4 Å². The molecule has 1 saturated heterocycles. The molecule has 1 fully saturated rings. The summed E-state index contributed by atoms with van der Waals surface area (Å²) in [6, 6.07) is 3.83. The van der Waals surface area contributed by atoms with Gasteiger partial charge < -0.3 is 15.2 Å². The molecule has 0 spiro atoms. The first kappa shape index (κ1) is 13.6. The highest BCUT2D eigenvalue weighted by atomic mass is 35.5. The minimum Gasteiger partial charge on any atom is -0.479 e. The Bertz CT molecular complexity index is 528. The second kappa shape index (κ2) is 5.02. The normalized spacial score (nSPS) is 22.2. The number of nitro groups is 1. The zero-order chi connectivity index (χ0) is 14.0. The highest BCUT2D eigenvalue weighted by Crippen LogP contribution is 2.31. The third-order valence-corrected chi connectivity index (χ3v) is 3.28. The zero-order valence-electron chi connectivity index (χ0n) is 9.76. The SMILES string of the molecule is O=C(O)C1(Nc2ccc([N+](=O)[O-])cc2Cl)CCOC1. The van der Waals surface area contributed by atoms with Crippen LogP contribution in [0.4, 0.5) is 11.4 Å². The number of carboxylic acids is 1. The number of carbonyl (C=O) groups is 1. The molecule has 0 aromatic heterocycles. The molecule has 1 aliphatic rings. The van der Waals surface area contributed by atoms with Gasteiger partial charge in [0.15, 0.2) is 5.54 Å². The number of non-ortho nitro benzene ring substituents is 1. The van der Waals surface area contributed by atoms with Gasteiger partial charge in [-0.05, 0) is 6.07 Å². The van der Waals surface area contributed by atoms with E-state index in [1.165, 1.54) is 18.2 Å². The van der Waals surface area contributed by atoms with Gasteiger partial charge in [0.2, 0.25) is 0 Å². The fraction of sp³-hybridized carbons (Fsp3) is 0.364. The molecule has 0 radical (unpaired) electrons. The molecule has 0 saturated carbocycles. The van der Waals surface area contributed by atoms with Crippen molar-refractivity contribution in [1.82, 2.24) is 0 Å². The topological polar surface area (TPSA) is 102 Å². The number of halogens is 1. The smallest absolute Gasteiger partial charge is 0.331 e. The van der Waals surface area contributed by atoms with Crippen molar-refractivity contribution < 1.29 is 19.6 Å². The van der Waals surface area contributed by atoms with Crippen LogP contribution in [-0.2, 0) is 9.53 Å². The number of anilines is 1. The minimum absolute atomic E-state index is 0.0235. The number of nitro benzene ring substituents is 1. The number of hydrogen-bond acceptors (Lipinski definition) is 5. The molecule has 1 aromatic rings. The Morgan fingerprint density at radius 1 is 1.58 bits per heavy atom. The van der Waals surface area contributed by atoms with Gasteiger partial charge in [-0.2, -0.15) is 0 Å². The van der Waals surface area contributed by atoms with Crippen molar-refractivity contribution in [2.75, 3.05) is 18.5 Å². The van der Waals surface area contributed by atoms with Gasteiger partial charge in [0.05, 0.1) is 22.2 Å². The maximum absolute atomic E-state index is 11.3. The molecule has 8 heteroatoms. The second-order valence-electron chi connectivity index (χ2n) is 4.24. The zero-order valence-corrected chi connectivity index (χ0v) is 10.5. The summed E-state index contributed by atoms with van der Waals surface area (Å²) in [4.78, 5) is 21.3. The number of ether oxygens (including phenoxy) is 1. The number of rotatable bonds is 4. The number of aliphatic carboxylic acids is 1. The molecule has 1 atom stereocenters. The molecule has 0 bridgehead atoms. The molecule has 102 valence electrons. The van der Waals surface area contributed by atoms with Crippen molar-refractivity contribution in [2.24, 2.45) is 0 Å². The largest absolute Gasteiger partial charge is 0.479 e. The maximum atomic E-state index is 11.3. The van der Waals surface area contributed by atoms with Crippen LogP contribution in [0.15, 0.2) is 18.2 Å². The lowest BCUT2D eigenvalue weighted by Crippen LogP contribution is -2.47. The molecule has 19 heavy (non-hydrogen) atoms. The van der Waals surface area contributed by atoms with E-state index in [9.17, 15) is 20.0 Å². The van der Waals surface area contributed by atoms with Crippen LogP contribution in [0.5, 0.6) is 0 Å². The average molecular weight is 287 g/mol. The lowest BCUT2D eigenvalue weighted by Gasteiger charge is -2.25. The van der Waals surface area contributed by atoms with Gasteiger partial charge in [0.1, 0.15) is 0 Å². The van der Waals surface area contributed by atoms with E-state index >= 15 is 0 Å². The summed E-state index contributed by atoms with van der Waals surface area (Å²) in [6.45, 7) is 0.361. The summed E-state index contributed by atoms with van der Waals surface area (Å²) >= 11 is 5.92. The van der Waals surface area contributed by atoms with Crippen LogP contribution >= 0.6 is 11.6 Å². The van der Waals surface area contributed by atoms with Crippen molar-refractivity contribution in [1.29, 1.82) is 0 Å². The molecule has 1 heterocycles. The summed E-state index contributed by atoms with van der Waals surface area (Å²) < 4.78 is 5.10. The van der Waals surface area contributed by atoms with E-state index in [2.05, 4.69) is 5.32 Å². The third-order valence-electron chi connectivity index (χ3n) is 2.97. The standard InChI is InChI=1S/C11H11ClN2O5/c12-8-5-7(14(17)18)1-2-9(8)13-11(10(15)16)3-4-19-6-11/h1-2,5,13H,3-4,6H2,(H,15,16). The number of carboxylic acid groups (broad SMARTS) is 1. The molecule has 7 nitrogen and oxygen atoms in total. The van der Waals surface area contributed by atoms with E-state index in [0.717, 1.165) is 0 Å². The van der Waals surface area contributed by atoms with Gasteiger partial charge in [-0.1, -0.05) is 11.6 Å². The second-order valence-corrected chi connectivity index (χ2v) is 4.64. The molecular formula is C11H11ClN2O5. The van der Waals surface area contributed by atoms with Crippen molar-refractivity contribution in [2.45, 2.75) is 12.0 Å². The molecular weight excluding hydrogens is 276 g/mol. The van der Waals surface area contributed by atoms with Crippen LogP contribution in [0, 0.1) is 10.1 Å². The van der Waals surface area contributed by atoms with Crippen molar-refractivity contribution in [3.8, 4) is 0 Å². The Morgan fingerprint density at radius 2 is 2.32 bits per heavy atom. The van der Waals surface area contributed by atoms with Crippen LogP contribution in [0.2, 0.25) is 5.02 Å². The van der Waals surface area contributed by atoms with E-state index in [-0.39, 0.29) is 17.3 Å². The lowest BCUT2D eigenvalue weighted by atomic mass is 9.98. The average Bonchev–Trinajstić information content (AvgIpc) is 2.81. The highest BCUT2D eigenvalue weighted by Gasteiger charge is 2.43. The van der Waals surface area contributed by atoms with Gasteiger partial charge in [-0.25, -0.2) is 4.79 Å². The van der Waals surface area contributed by atoms with E-state index in [1.54, 1.807) is 0 Å².